The molecule has 0 fully saturated rings. The molecule has 112 valence electrons. The van der Waals surface area contributed by atoms with Crippen molar-refractivity contribution >= 4 is 11.6 Å². The fourth-order valence-corrected chi connectivity index (χ4v) is 1.92. The molecule has 0 saturated heterocycles. The number of carbonyl (C=O) groups is 1. The van der Waals surface area contributed by atoms with Gasteiger partial charge >= 0.3 is 0 Å². The second-order valence-electron chi connectivity index (χ2n) is 5.32. The zero-order valence-corrected chi connectivity index (χ0v) is 12.9. The van der Waals surface area contributed by atoms with Gasteiger partial charge in [-0.25, -0.2) is 0 Å². The largest absolute Gasteiger partial charge is 0.375 e. The highest BCUT2D eigenvalue weighted by atomic mass is 16.1. The summed E-state index contributed by atoms with van der Waals surface area (Å²) in [6.07, 6.45) is 1.50. The first-order chi connectivity index (χ1) is 9.59. The van der Waals surface area contributed by atoms with E-state index in [9.17, 15) is 4.79 Å². The second-order valence-corrected chi connectivity index (χ2v) is 5.32. The van der Waals surface area contributed by atoms with Crippen LogP contribution in [0.15, 0.2) is 30.3 Å². The number of amides is 1. The fourth-order valence-electron chi connectivity index (χ4n) is 1.92. The van der Waals surface area contributed by atoms with Crippen LogP contribution in [0.5, 0.6) is 0 Å². The van der Waals surface area contributed by atoms with Gasteiger partial charge in [0.25, 0.3) is 0 Å². The third kappa shape index (κ3) is 7.14. The van der Waals surface area contributed by atoms with Gasteiger partial charge in [-0.2, -0.15) is 0 Å². The van der Waals surface area contributed by atoms with E-state index < -0.39 is 0 Å². The van der Waals surface area contributed by atoms with Gasteiger partial charge in [0.1, 0.15) is 0 Å². The smallest absolute Gasteiger partial charge is 0.221 e. The van der Waals surface area contributed by atoms with Crippen LogP contribution in [0.2, 0.25) is 0 Å². The van der Waals surface area contributed by atoms with Crippen molar-refractivity contribution in [3.05, 3.63) is 30.3 Å². The predicted octanol–water partition coefficient (Wildman–Crippen LogP) is 2.02. The van der Waals surface area contributed by atoms with E-state index in [0.29, 0.717) is 12.5 Å². The van der Waals surface area contributed by atoms with E-state index in [4.69, 9.17) is 0 Å². The highest BCUT2D eigenvalue weighted by Crippen LogP contribution is 2.10. The van der Waals surface area contributed by atoms with E-state index in [1.165, 1.54) is 5.69 Å². The average molecular weight is 277 g/mol. The molecule has 4 nitrogen and oxygen atoms in total. The maximum absolute atomic E-state index is 11.6. The topological polar surface area (TPSA) is 44.4 Å². The van der Waals surface area contributed by atoms with Crippen molar-refractivity contribution in [3.8, 4) is 0 Å². The lowest BCUT2D eigenvalue weighted by molar-refractivity contribution is -0.121. The Balaban J connectivity index is 2.08. The third-order valence-electron chi connectivity index (χ3n) is 3.09. The summed E-state index contributed by atoms with van der Waals surface area (Å²) in [6, 6.07) is 10.7. The second kappa shape index (κ2) is 9.37. The summed E-state index contributed by atoms with van der Waals surface area (Å²) >= 11 is 0. The number of nitrogens with zero attached hydrogens (tertiary/aromatic N) is 1. The molecule has 4 heteroatoms. The summed E-state index contributed by atoms with van der Waals surface area (Å²) in [7, 11) is 2.07. The Morgan fingerprint density at radius 1 is 1.20 bits per heavy atom. The Morgan fingerprint density at radius 3 is 2.55 bits per heavy atom. The summed E-state index contributed by atoms with van der Waals surface area (Å²) < 4.78 is 0. The number of carbonyl (C=O) groups excluding carboxylic acids is 1. The standard InChI is InChI=1S/C16H27N3O/c1-14(2)17-12-10-16(20)18-11-7-13-19(3)15-8-5-4-6-9-15/h4-6,8-9,14,17H,7,10-13H2,1-3H3,(H,18,20). The van der Waals surface area contributed by atoms with Crippen LogP contribution in [-0.4, -0.2) is 38.6 Å². The molecule has 0 atom stereocenters. The normalized spacial score (nSPS) is 10.6. The molecule has 0 aliphatic heterocycles. The van der Waals surface area contributed by atoms with Crippen LogP contribution in [0, 0.1) is 0 Å². The minimum Gasteiger partial charge on any atom is -0.375 e. The molecule has 1 rings (SSSR count). The van der Waals surface area contributed by atoms with Gasteiger partial charge in [0.05, 0.1) is 0 Å². The van der Waals surface area contributed by atoms with Crippen LogP contribution in [0.3, 0.4) is 0 Å². The number of benzene rings is 1. The molecule has 20 heavy (non-hydrogen) atoms. The van der Waals surface area contributed by atoms with Crippen molar-refractivity contribution < 1.29 is 4.79 Å². The Kier molecular flexibility index (Phi) is 7.73. The Hall–Kier alpha value is -1.55. The number of hydrogen-bond acceptors (Lipinski definition) is 3. The fraction of sp³-hybridized carbons (Fsp3) is 0.562. The maximum Gasteiger partial charge on any atom is 0.221 e. The minimum absolute atomic E-state index is 0.125. The molecular weight excluding hydrogens is 250 g/mol. The van der Waals surface area contributed by atoms with Gasteiger partial charge in [0.15, 0.2) is 0 Å². The third-order valence-corrected chi connectivity index (χ3v) is 3.09. The molecule has 1 aromatic carbocycles. The molecule has 1 amide bonds. The van der Waals surface area contributed by atoms with Crippen LogP contribution in [0.4, 0.5) is 5.69 Å². The van der Waals surface area contributed by atoms with Crippen LogP contribution >= 0.6 is 0 Å². The summed E-state index contributed by atoms with van der Waals surface area (Å²) in [5.41, 5.74) is 1.21. The zero-order valence-electron chi connectivity index (χ0n) is 12.9. The molecule has 0 spiro atoms. The van der Waals surface area contributed by atoms with E-state index in [1.54, 1.807) is 0 Å². The van der Waals surface area contributed by atoms with Gasteiger partial charge in [0, 0.05) is 44.8 Å². The first-order valence-corrected chi connectivity index (χ1v) is 7.36. The Labute approximate surface area is 122 Å². The van der Waals surface area contributed by atoms with Crippen LogP contribution in [0.1, 0.15) is 26.7 Å². The Morgan fingerprint density at radius 2 is 1.90 bits per heavy atom. The lowest BCUT2D eigenvalue weighted by Gasteiger charge is -2.19. The van der Waals surface area contributed by atoms with Crippen molar-refractivity contribution in [1.29, 1.82) is 0 Å². The van der Waals surface area contributed by atoms with Crippen molar-refractivity contribution in [2.75, 3.05) is 31.6 Å². The molecule has 1 aromatic rings. The SMILES string of the molecule is CC(C)NCCC(=O)NCCCN(C)c1ccccc1. The quantitative estimate of drug-likeness (QED) is 0.679. The van der Waals surface area contributed by atoms with Crippen molar-refractivity contribution in [2.24, 2.45) is 0 Å². The van der Waals surface area contributed by atoms with Crippen LogP contribution < -0.4 is 15.5 Å². The number of anilines is 1. The number of hydrogen-bond donors (Lipinski definition) is 2. The number of nitrogens with one attached hydrogen (secondary N) is 2. The molecule has 0 aromatic heterocycles. The van der Waals surface area contributed by atoms with E-state index in [1.807, 2.05) is 18.2 Å². The van der Waals surface area contributed by atoms with E-state index in [2.05, 4.69) is 48.6 Å². The Bertz CT molecular complexity index is 379. The van der Waals surface area contributed by atoms with Gasteiger partial charge in [-0.1, -0.05) is 32.0 Å². The average Bonchev–Trinajstić information content (AvgIpc) is 2.44. The van der Waals surface area contributed by atoms with Crippen molar-refractivity contribution in [1.82, 2.24) is 10.6 Å². The molecule has 0 unspecified atom stereocenters. The van der Waals surface area contributed by atoms with Crippen molar-refractivity contribution in [2.45, 2.75) is 32.7 Å². The van der Waals surface area contributed by atoms with Gasteiger partial charge < -0.3 is 15.5 Å². The first kappa shape index (κ1) is 16.5. The van der Waals surface area contributed by atoms with Crippen LogP contribution in [-0.2, 0) is 4.79 Å². The molecule has 0 aliphatic carbocycles. The molecule has 0 radical (unpaired) electrons. The number of para-hydroxylation sites is 1. The highest BCUT2D eigenvalue weighted by molar-refractivity contribution is 5.76. The molecule has 2 N–H and O–H groups in total. The van der Waals surface area contributed by atoms with Crippen molar-refractivity contribution in [3.63, 3.8) is 0 Å². The summed E-state index contributed by atoms with van der Waals surface area (Å²) in [5.74, 6) is 0.125. The van der Waals surface area contributed by atoms with E-state index >= 15 is 0 Å². The van der Waals surface area contributed by atoms with Gasteiger partial charge in [-0.3, -0.25) is 4.79 Å². The number of rotatable bonds is 9. The van der Waals surface area contributed by atoms with Gasteiger partial charge in [-0.05, 0) is 18.6 Å². The zero-order chi connectivity index (χ0) is 14.8. The monoisotopic (exact) mass is 277 g/mol. The molecule has 0 saturated carbocycles. The highest BCUT2D eigenvalue weighted by Gasteiger charge is 2.02. The summed E-state index contributed by atoms with van der Waals surface area (Å²) in [6.45, 7) is 6.58. The molecule has 0 bridgehead atoms. The first-order valence-electron chi connectivity index (χ1n) is 7.36. The minimum atomic E-state index is 0.125. The summed E-state index contributed by atoms with van der Waals surface area (Å²) in [5, 5.41) is 6.20. The molecule has 0 aliphatic rings. The molecular formula is C16H27N3O. The lowest BCUT2D eigenvalue weighted by atomic mass is 10.3. The maximum atomic E-state index is 11.6. The van der Waals surface area contributed by atoms with Crippen LogP contribution in [0.25, 0.3) is 0 Å². The van der Waals surface area contributed by atoms with E-state index in [-0.39, 0.29) is 5.91 Å². The summed E-state index contributed by atoms with van der Waals surface area (Å²) in [4.78, 5) is 13.8. The van der Waals surface area contributed by atoms with Gasteiger partial charge in [0.2, 0.25) is 5.91 Å². The predicted molar refractivity (Wildman–Crippen MR) is 85.1 cm³/mol. The van der Waals surface area contributed by atoms with Gasteiger partial charge in [-0.15, -0.1) is 0 Å². The lowest BCUT2D eigenvalue weighted by Crippen LogP contribution is -2.32. The molecule has 0 heterocycles. The van der Waals surface area contributed by atoms with E-state index in [0.717, 1.165) is 26.1 Å².